The second-order valence-electron chi connectivity index (χ2n) is 8.32. The standard InChI is InChI=1S/C24H24FN3O3/c25-19-9-4-6-17-14-20(26-22(17)19)23(30)27-12-5-10-24(11-13-27)16-28(21(29)15-31-24)18-7-2-1-3-8-18/h1-4,6-9,14,26H,5,10-13,15-16H2. The summed E-state index contributed by atoms with van der Waals surface area (Å²) in [5.41, 5.74) is 1.14. The fraction of sp³-hybridized carbons (Fsp3) is 0.333. The number of ether oxygens (including phenoxy) is 1. The van der Waals surface area contributed by atoms with Gasteiger partial charge in [0.1, 0.15) is 18.1 Å². The number of hydrogen-bond donors (Lipinski definition) is 1. The highest BCUT2D eigenvalue weighted by Crippen LogP contribution is 2.33. The van der Waals surface area contributed by atoms with Gasteiger partial charge in [-0.15, -0.1) is 0 Å². The van der Waals surface area contributed by atoms with Gasteiger partial charge in [0, 0.05) is 24.2 Å². The molecule has 1 unspecified atom stereocenters. The molecule has 2 saturated heterocycles. The van der Waals surface area contributed by atoms with E-state index in [9.17, 15) is 14.0 Å². The van der Waals surface area contributed by atoms with Crippen LogP contribution in [0.3, 0.4) is 0 Å². The van der Waals surface area contributed by atoms with Crippen LogP contribution in [-0.2, 0) is 9.53 Å². The van der Waals surface area contributed by atoms with Gasteiger partial charge in [-0.1, -0.05) is 30.3 Å². The maximum Gasteiger partial charge on any atom is 0.270 e. The Morgan fingerprint density at radius 1 is 1.06 bits per heavy atom. The van der Waals surface area contributed by atoms with Crippen molar-refractivity contribution in [3.05, 3.63) is 66.1 Å². The summed E-state index contributed by atoms with van der Waals surface area (Å²) >= 11 is 0. The van der Waals surface area contributed by atoms with E-state index in [-0.39, 0.29) is 24.2 Å². The number of anilines is 1. The minimum Gasteiger partial charge on any atom is -0.363 e. The quantitative estimate of drug-likeness (QED) is 0.686. The lowest BCUT2D eigenvalue weighted by Gasteiger charge is -2.42. The molecular weight excluding hydrogens is 397 g/mol. The topological polar surface area (TPSA) is 65.6 Å². The molecule has 1 aromatic heterocycles. The molecule has 160 valence electrons. The summed E-state index contributed by atoms with van der Waals surface area (Å²) in [5, 5.41) is 0.683. The third-order valence-electron chi connectivity index (χ3n) is 6.34. The van der Waals surface area contributed by atoms with E-state index in [4.69, 9.17) is 4.74 Å². The van der Waals surface area contributed by atoms with Gasteiger partial charge in [0.25, 0.3) is 11.8 Å². The Hall–Kier alpha value is -3.19. The van der Waals surface area contributed by atoms with E-state index in [1.54, 1.807) is 28.0 Å². The number of aromatic amines is 1. The van der Waals surface area contributed by atoms with E-state index in [2.05, 4.69) is 4.98 Å². The van der Waals surface area contributed by atoms with Crippen LogP contribution < -0.4 is 4.90 Å². The first-order valence-electron chi connectivity index (χ1n) is 10.6. The van der Waals surface area contributed by atoms with Crippen LogP contribution in [0.5, 0.6) is 0 Å². The Bertz CT molecular complexity index is 1130. The van der Waals surface area contributed by atoms with Crippen molar-refractivity contribution in [2.75, 3.05) is 31.1 Å². The highest BCUT2D eigenvalue weighted by molar-refractivity contribution is 5.98. The molecule has 7 heteroatoms. The van der Waals surface area contributed by atoms with Crippen molar-refractivity contribution in [1.29, 1.82) is 0 Å². The fourth-order valence-corrected chi connectivity index (χ4v) is 4.64. The first-order chi connectivity index (χ1) is 15.0. The largest absolute Gasteiger partial charge is 0.363 e. The number of likely N-dealkylation sites (tertiary alicyclic amines) is 1. The molecule has 2 aromatic carbocycles. The van der Waals surface area contributed by atoms with Crippen LogP contribution in [0.1, 0.15) is 29.8 Å². The third-order valence-corrected chi connectivity index (χ3v) is 6.34. The Balaban J connectivity index is 1.33. The summed E-state index contributed by atoms with van der Waals surface area (Å²) < 4.78 is 20.1. The van der Waals surface area contributed by atoms with Crippen molar-refractivity contribution in [3.63, 3.8) is 0 Å². The number of aromatic nitrogens is 1. The van der Waals surface area contributed by atoms with Gasteiger partial charge in [-0.2, -0.15) is 0 Å². The summed E-state index contributed by atoms with van der Waals surface area (Å²) in [6, 6.07) is 16.1. The number of morpholine rings is 1. The highest BCUT2D eigenvalue weighted by Gasteiger charge is 2.42. The van der Waals surface area contributed by atoms with Gasteiger partial charge < -0.3 is 19.5 Å². The third kappa shape index (κ3) is 3.70. The minimum absolute atomic E-state index is 0.0458. The van der Waals surface area contributed by atoms with Crippen molar-refractivity contribution in [1.82, 2.24) is 9.88 Å². The number of carbonyl (C=O) groups excluding carboxylic acids is 2. The number of nitrogens with zero attached hydrogens (tertiary/aromatic N) is 2. The lowest BCUT2D eigenvalue weighted by atomic mass is 9.92. The summed E-state index contributed by atoms with van der Waals surface area (Å²) in [4.78, 5) is 32.1. The Morgan fingerprint density at radius 2 is 1.90 bits per heavy atom. The molecule has 5 rings (SSSR count). The van der Waals surface area contributed by atoms with Crippen LogP contribution in [0, 0.1) is 5.82 Å². The average molecular weight is 421 g/mol. The molecule has 1 N–H and O–H groups in total. The van der Waals surface area contributed by atoms with E-state index < -0.39 is 5.60 Å². The highest BCUT2D eigenvalue weighted by atomic mass is 19.1. The van der Waals surface area contributed by atoms with Crippen LogP contribution in [0.25, 0.3) is 10.9 Å². The monoisotopic (exact) mass is 421 g/mol. The molecule has 1 spiro atoms. The molecule has 0 bridgehead atoms. The van der Waals surface area contributed by atoms with Crippen molar-refractivity contribution >= 4 is 28.4 Å². The zero-order chi connectivity index (χ0) is 21.4. The predicted octanol–water partition coefficient (Wildman–Crippen LogP) is 3.74. The number of fused-ring (bicyclic) bond motifs is 1. The fourth-order valence-electron chi connectivity index (χ4n) is 4.64. The lowest BCUT2D eigenvalue weighted by molar-refractivity contribution is -0.140. The molecule has 3 heterocycles. The predicted molar refractivity (Wildman–Crippen MR) is 115 cm³/mol. The normalized spacial score (nSPS) is 22.2. The number of rotatable bonds is 2. The van der Waals surface area contributed by atoms with Gasteiger partial charge in [0.15, 0.2) is 0 Å². The molecule has 31 heavy (non-hydrogen) atoms. The number of halogens is 1. The number of para-hydroxylation sites is 2. The van der Waals surface area contributed by atoms with Crippen molar-refractivity contribution in [2.45, 2.75) is 24.9 Å². The van der Waals surface area contributed by atoms with Gasteiger partial charge in [-0.05, 0) is 43.5 Å². The van der Waals surface area contributed by atoms with Crippen LogP contribution in [-0.4, -0.2) is 53.5 Å². The zero-order valence-corrected chi connectivity index (χ0v) is 17.1. The molecule has 2 aliphatic rings. The smallest absolute Gasteiger partial charge is 0.270 e. The maximum absolute atomic E-state index is 14.0. The van der Waals surface area contributed by atoms with Gasteiger partial charge in [-0.25, -0.2) is 4.39 Å². The van der Waals surface area contributed by atoms with Crippen LogP contribution in [0.4, 0.5) is 10.1 Å². The van der Waals surface area contributed by atoms with E-state index in [1.807, 2.05) is 30.3 Å². The van der Waals surface area contributed by atoms with Gasteiger partial charge in [0.2, 0.25) is 0 Å². The SMILES string of the molecule is O=C(c1cc2cccc(F)c2[nH]1)N1CCCC2(CC1)CN(c1ccccc1)C(=O)CO2. The van der Waals surface area contributed by atoms with Crippen LogP contribution in [0.2, 0.25) is 0 Å². The molecule has 0 saturated carbocycles. The number of carbonyl (C=O) groups is 2. The van der Waals surface area contributed by atoms with Crippen molar-refractivity contribution < 1.29 is 18.7 Å². The summed E-state index contributed by atoms with van der Waals surface area (Å²) in [6.45, 7) is 1.65. The number of benzene rings is 2. The van der Waals surface area contributed by atoms with Crippen LogP contribution >= 0.6 is 0 Å². The van der Waals surface area contributed by atoms with Crippen molar-refractivity contribution in [3.8, 4) is 0 Å². The van der Waals surface area contributed by atoms with Gasteiger partial charge in [-0.3, -0.25) is 9.59 Å². The Kier molecular flexibility index (Phi) is 4.98. The maximum atomic E-state index is 14.0. The minimum atomic E-state index is -0.467. The zero-order valence-electron chi connectivity index (χ0n) is 17.1. The molecule has 0 aliphatic carbocycles. The number of H-pyrrole nitrogens is 1. The molecule has 6 nitrogen and oxygen atoms in total. The Labute approximate surface area is 179 Å². The van der Waals surface area contributed by atoms with Crippen LogP contribution in [0.15, 0.2) is 54.6 Å². The molecule has 2 fully saturated rings. The summed E-state index contributed by atoms with van der Waals surface area (Å²) in [7, 11) is 0. The van der Waals surface area contributed by atoms with E-state index in [0.717, 1.165) is 18.5 Å². The average Bonchev–Trinajstić information content (AvgIpc) is 3.13. The molecule has 2 aliphatic heterocycles. The van der Waals surface area contributed by atoms with E-state index in [0.29, 0.717) is 42.7 Å². The van der Waals surface area contributed by atoms with Gasteiger partial charge >= 0.3 is 0 Å². The number of hydrogen-bond acceptors (Lipinski definition) is 3. The van der Waals surface area contributed by atoms with E-state index in [1.165, 1.54) is 6.07 Å². The molecule has 0 radical (unpaired) electrons. The second-order valence-corrected chi connectivity index (χ2v) is 8.32. The summed E-state index contributed by atoms with van der Waals surface area (Å²) in [6.07, 6.45) is 2.19. The Morgan fingerprint density at radius 3 is 2.71 bits per heavy atom. The van der Waals surface area contributed by atoms with Gasteiger partial charge in [0.05, 0.1) is 17.7 Å². The second kappa shape index (κ2) is 7.81. The first-order valence-corrected chi connectivity index (χ1v) is 10.6. The summed E-state index contributed by atoms with van der Waals surface area (Å²) in [5.74, 6) is -0.554. The first kappa shape index (κ1) is 19.8. The molecule has 3 aromatic rings. The molecular formula is C24H24FN3O3. The van der Waals surface area contributed by atoms with E-state index >= 15 is 0 Å². The lowest BCUT2D eigenvalue weighted by Crippen LogP contribution is -2.55. The number of nitrogens with one attached hydrogen (secondary N) is 1. The number of amides is 2. The van der Waals surface area contributed by atoms with Crippen molar-refractivity contribution in [2.24, 2.45) is 0 Å². The molecule has 1 atom stereocenters. The molecule has 2 amide bonds.